The first kappa shape index (κ1) is 48.6. The molecule has 0 spiro atoms. The van der Waals surface area contributed by atoms with Crippen molar-refractivity contribution >= 4 is 17.9 Å². The summed E-state index contributed by atoms with van der Waals surface area (Å²) in [6.45, 7) is 9.87. The minimum Gasteiger partial charge on any atom is -0.445 e. The van der Waals surface area contributed by atoms with E-state index in [-0.39, 0.29) is 50.2 Å². The van der Waals surface area contributed by atoms with E-state index < -0.39 is 24.3 Å². The van der Waals surface area contributed by atoms with E-state index in [1.807, 2.05) is 91.0 Å². The molecule has 4 aromatic rings. The maximum absolute atomic E-state index is 13.5. The monoisotopic (exact) mass is 874 g/mol. The van der Waals surface area contributed by atoms with Gasteiger partial charge >= 0.3 is 6.09 Å². The highest BCUT2D eigenvalue weighted by Crippen LogP contribution is 2.42. The molecule has 0 bridgehead atoms. The third-order valence-corrected chi connectivity index (χ3v) is 12.8. The van der Waals surface area contributed by atoms with Crippen molar-refractivity contribution in [1.82, 2.24) is 15.1 Å². The smallest absolute Gasteiger partial charge is 0.408 e. The van der Waals surface area contributed by atoms with Crippen LogP contribution in [-0.2, 0) is 43.6 Å². The number of carbonyl (C=O) groups is 3. The van der Waals surface area contributed by atoms with Crippen molar-refractivity contribution in [3.8, 4) is 11.1 Å². The lowest BCUT2D eigenvalue weighted by atomic mass is 9.89. The lowest BCUT2D eigenvalue weighted by molar-refractivity contribution is -0.276. The van der Waals surface area contributed by atoms with Gasteiger partial charge in [0.05, 0.1) is 31.8 Å². The van der Waals surface area contributed by atoms with Crippen LogP contribution < -0.4 is 5.32 Å². The normalized spacial score (nSPS) is 20.0. The fourth-order valence-electron chi connectivity index (χ4n) is 8.91. The number of nitrogens with zero attached hydrogens (tertiary/aromatic N) is 2. The molecule has 2 N–H and O–H groups in total. The predicted octanol–water partition coefficient (Wildman–Crippen LogP) is 11.2. The molecular formula is C54H71N3O7. The number of likely N-dealkylation sites (tertiary alicyclic amines) is 1. The van der Waals surface area contributed by atoms with E-state index in [9.17, 15) is 19.5 Å². The summed E-state index contributed by atoms with van der Waals surface area (Å²) >= 11 is 0. The lowest BCUT2D eigenvalue weighted by Crippen LogP contribution is -2.45. The predicted molar refractivity (Wildman–Crippen MR) is 252 cm³/mol. The third-order valence-electron chi connectivity index (χ3n) is 12.8. The largest absolute Gasteiger partial charge is 0.445 e. The lowest BCUT2D eigenvalue weighted by Gasteiger charge is -2.43. The number of hydrogen-bond acceptors (Lipinski definition) is 8. The summed E-state index contributed by atoms with van der Waals surface area (Å²) in [5, 5.41) is 12.4. The summed E-state index contributed by atoms with van der Waals surface area (Å²) in [5.41, 5.74) is 6.30. The Bertz CT molecular complexity index is 2010. The zero-order valence-electron chi connectivity index (χ0n) is 38.4. The Morgan fingerprint density at radius 3 is 2.00 bits per heavy atom. The third kappa shape index (κ3) is 14.1. The summed E-state index contributed by atoms with van der Waals surface area (Å²) in [4.78, 5) is 43.1. The van der Waals surface area contributed by atoms with Gasteiger partial charge in [0.2, 0.25) is 5.91 Å². The van der Waals surface area contributed by atoms with Crippen LogP contribution in [0.5, 0.6) is 0 Å². The number of imide groups is 1. The number of ether oxygens (including phenoxy) is 3. The van der Waals surface area contributed by atoms with Crippen LogP contribution in [0.4, 0.5) is 4.79 Å². The first-order valence-corrected chi connectivity index (χ1v) is 24.0. The van der Waals surface area contributed by atoms with Crippen LogP contribution in [0.3, 0.4) is 0 Å². The highest BCUT2D eigenvalue weighted by molar-refractivity contribution is 6.06. The standard InChI is InChI=1S/C54H71N3O7/c1-4-6-8-10-12-19-33-56(34-20-13-11-9-7-5-2)37-49-40(3)51(44-27-25-41(38-58)26-28-44)64-53(63-49)45-31-29-43(30-32-45)47-24-18-17-23-46(47)36-57-50(59)35-48(52(57)60)55-54(61)62-39-42-21-15-14-16-22-42/h14-18,21-32,40,48-49,51,53,58H,4-13,19-20,33-39H2,1-3H3,(H,55,61)/t40-,48?,49+,51+,53+/m0/s1. The molecule has 4 aromatic carbocycles. The van der Waals surface area contributed by atoms with Crippen LogP contribution in [0.1, 0.15) is 144 Å². The number of hydrogen-bond donors (Lipinski definition) is 2. The summed E-state index contributed by atoms with van der Waals surface area (Å²) in [7, 11) is 0. The molecule has 2 saturated heterocycles. The van der Waals surface area contributed by atoms with Crippen molar-refractivity contribution < 1.29 is 33.7 Å². The molecule has 2 fully saturated rings. The minimum absolute atomic E-state index is 0.00850. The van der Waals surface area contributed by atoms with Crippen LogP contribution in [0.25, 0.3) is 11.1 Å². The number of alkyl carbamates (subject to hydrolysis) is 1. The quantitative estimate of drug-likeness (QED) is 0.0499. The fraction of sp³-hybridized carbons (Fsp3) is 0.500. The number of benzene rings is 4. The van der Waals surface area contributed by atoms with Crippen molar-refractivity contribution in [2.45, 2.75) is 149 Å². The molecule has 2 heterocycles. The molecule has 10 heteroatoms. The van der Waals surface area contributed by atoms with Crippen LogP contribution in [0.15, 0.2) is 103 Å². The molecule has 0 aromatic heterocycles. The Balaban J connectivity index is 1.15. The van der Waals surface area contributed by atoms with Gasteiger partial charge in [-0.15, -0.1) is 0 Å². The van der Waals surface area contributed by atoms with Crippen molar-refractivity contribution in [1.29, 1.82) is 0 Å². The summed E-state index contributed by atoms with van der Waals surface area (Å²) < 4.78 is 19.1. The number of amides is 3. The second-order valence-electron chi connectivity index (χ2n) is 17.7. The highest BCUT2D eigenvalue weighted by Gasteiger charge is 2.41. The van der Waals surface area contributed by atoms with Crippen LogP contribution in [0.2, 0.25) is 0 Å². The molecule has 5 atom stereocenters. The highest BCUT2D eigenvalue weighted by atomic mass is 16.7. The molecule has 2 aliphatic rings. The van der Waals surface area contributed by atoms with Gasteiger partial charge in [-0.1, -0.05) is 188 Å². The first-order chi connectivity index (χ1) is 31.3. The molecule has 344 valence electrons. The number of aliphatic hydroxyl groups excluding tert-OH is 1. The van der Waals surface area contributed by atoms with Crippen LogP contribution in [0, 0.1) is 5.92 Å². The maximum Gasteiger partial charge on any atom is 0.408 e. The number of rotatable bonds is 25. The van der Waals surface area contributed by atoms with Crippen molar-refractivity contribution in [2.24, 2.45) is 5.92 Å². The van der Waals surface area contributed by atoms with Gasteiger partial charge in [0.25, 0.3) is 5.91 Å². The van der Waals surface area contributed by atoms with E-state index in [0.717, 1.165) is 58.6 Å². The van der Waals surface area contributed by atoms with Crippen molar-refractivity contribution in [2.75, 3.05) is 19.6 Å². The molecule has 0 aliphatic carbocycles. The summed E-state index contributed by atoms with van der Waals surface area (Å²) in [6.07, 6.45) is 13.5. The summed E-state index contributed by atoms with van der Waals surface area (Å²) in [5.74, 6) is -0.720. The van der Waals surface area contributed by atoms with Gasteiger partial charge in [0.15, 0.2) is 6.29 Å². The Morgan fingerprint density at radius 1 is 0.734 bits per heavy atom. The molecule has 0 radical (unpaired) electrons. The average molecular weight is 874 g/mol. The molecule has 1 unspecified atom stereocenters. The number of nitrogens with one attached hydrogen (secondary N) is 1. The zero-order valence-corrected chi connectivity index (χ0v) is 38.4. The molecule has 3 amide bonds. The van der Waals surface area contributed by atoms with Crippen LogP contribution >= 0.6 is 0 Å². The Hall–Kier alpha value is -4.87. The van der Waals surface area contributed by atoms with E-state index in [1.54, 1.807) is 0 Å². The summed E-state index contributed by atoms with van der Waals surface area (Å²) in [6, 6.07) is 32.3. The fourth-order valence-corrected chi connectivity index (χ4v) is 8.91. The van der Waals surface area contributed by atoms with E-state index in [1.165, 1.54) is 81.9 Å². The minimum atomic E-state index is -0.987. The van der Waals surface area contributed by atoms with Crippen molar-refractivity contribution in [3.05, 3.63) is 131 Å². The number of aliphatic hydroxyl groups is 1. The second kappa shape index (κ2) is 25.6. The van der Waals surface area contributed by atoms with E-state index in [4.69, 9.17) is 14.2 Å². The van der Waals surface area contributed by atoms with E-state index >= 15 is 0 Å². The van der Waals surface area contributed by atoms with Gasteiger partial charge in [0.1, 0.15) is 12.6 Å². The van der Waals surface area contributed by atoms with E-state index in [0.29, 0.717) is 0 Å². The van der Waals surface area contributed by atoms with Gasteiger partial charge < -0.3 is 29.5 Å². The Labute approximate surface area is 381 Å². The van der Waals surface area contributed by atoms with Gasteiger partial charge in [-0.05, 0) is 59.3 Å². The molecule has 64 heavy (non-hydrogen) atoms. The topological polar surface area (TPSA) is 118 Å². The van der Waals surface area contributed by atoms with Gasteiger partial charge in [-0.25, -0.2) is 4.79 Å². The first-order valence-electron chi connectivity index (χ1n) is 24.0. The zero-order chi connectivity index (χ0) is 45.1. The van der Waals surface area contributed by atoms with E-state index in [2.05, 4.69) is 43.1 Å². The molecule has 0 saturated carbocycles. The van der Waals surface area contributed by atoms with Gasteiger partial charge in [-0.3, -0.25) is 14.5 Å². The second-order valence-corrected chi connectivity index (χ2v) is 17.7. The van der Waals surface area contributed by atoms with Gasteiger partial charge in [-0.2, -0.15) is 0 Å². The molecule has 10 nitrogen and oxygen atoms in total. The number of unbranched alkanes of at least 4 members (excludes halogenated alkanes) is 10. The van der Waals surface area contributed by atoms with Crippen LogP contribution in [-0.4, -0.2) is 64.6 Å². The molecule has 6 rings (SSSR count). The van der Waals surface area contributed by atoms with Gasteiger partial charge in [0, 0.05) is 18.0 Å². The maximum atomic E-state index is 13.5. The Kier molecular flexibility index (Phi) is 19.4. The molecular weight excluding hydrogens is 803 g/mol. The van der Waals surface area contributed by atoms with Crippen molar-refractivity contribution in [3.63, 3.8) is 0 Å². The number of carbonyl (C=O) groups excluding carboxylic acids is 3. The SMILES string of the molecule is CCCCCCCCN(CCCCCCCC)C[C@H]1O[C@@H](c2ccc(-c3ccccc3CN3C(=O)CC(NC(=O)OCc4ccccc4)C3=O)cc2)O[C@@H](c2ccc(CO)cc2)[C@H]1C. The average Bonchev–Trinajstić information content (AvgIpc) is 3.58. The molecule has 2 aliphatic heterocycles. The Morgan fingerprint density at radius 2 is 1.34 bits per heavy atom.